The number of ether oxygens (including phenoxy) is 1. The van der Waals surface area contributed by atoms with Crippen molar-refractivity contribution in [2.45, 2.75) is 25.9 Å². The Morgan fingerprint density at radius 3 is 2.00 bits per heavy atom. The second-order valence-electron chi connectivity index (χ2n) is 5.33. The third kappa shape index (κ3) is 4.79. The molecule has 0 aromatic heterocycles. The number of hydrogen-bond acceptors (Lipinski definition) is 3. The molecule has 0 aliphatic carbocycles. The maximum Gasteiger partial charge on any atom is 0.196 e. The molecule has 2 rings (SSSR count). The Kier molecular flexibility index (Phi) is 7.50. The summed E-state index contributed by atoms with van der Waals surface area (Å²) in [5, 5.41) is 10.2. The molecule has 0 saturated heterocycles. The highest BCUT2D eigenvalue weighted by Gasteiger charge is 2.21. The van der Waals surface area contributed by atoms with Gasteiger partial charge in [-0.3, -0.25) is 4.79 Å². The monoisotopic (exact) mass is 300 g/mol. The van der Waals surface area contributed by atoms with Gasteiger partial charge in [-0.25, -0.2) is 0 Å². The van der Waals surface area contributed by atoms with E-state index in [1.807, 2.05) is 50.2 Å². The number of hydrogen-bond donors (Lipinski definition) is 1. The lowest BCUT2D eigenvalue weighted by atomic mass is 9.91. The van der Waals surface area contributed by atoms with E-state index in [1.54, 1.807) is 32.4 Å². The molecule has 0 heterocycles. The fourth-order valence-corrected chi connectivity index (χ4v) is 2.16. The third-order valence-corrected chi connectivity index (χ3v) is 3.21. The van der Waals surface area contributed by atoms with Gasteiger partial charge in [0.05, 0.1) is 0 Å². The molecule has 22 heavy (non-hydrogen) atoms. The molecule has 0 aliphatic heterocycles. The van der Waals surface area contributed by atoms with Gasteiger partial charge in [-0.2, -0.15) is 0 Å². The fourth-order valence-electron chi connectivity index (χ4n) is 2.16. The number of carbonyl (C=O) groups is 1. The van der Waals surface area contributed by atoms with Crippen LogP contribution in [0.2, 0.25) is 0 Å². The summed E-state index contributed by atoms with van der Waals surface area (Å²) in [6.45, 7) is 4.09. The standard InChI is InChI=1S/C17H18O2.C2H6O/c1-12(2)14-10-6-7-11-15(14)17(19)16(18)13-8-4-3-5-9-13;1-3-2/h3-12,16,18H,1-2H3;1-2H3. The highest BCUT2D eigenvalue weighted by Crippen LogP contribution is 2.24. The average molecular weight is 300 g/mol. The Balaban J connectivity index is 0.000000745. The predicted molar refractivity (Wildman–Crippen MR) is 89.2 cm³/mol. The Hall–Kier alpha value is -1.97. The van der Waals surface area contributed by atoms with Gasteiger partial charge in [0.2, 0.25) is 0 Å². The number of aliphatic hydroxyl groups is 1. The van der Waals surface area contributed by atoms with Crippen LogP contribution in [-0.2, 0) is 4.74 Å². The number of rotatable bonds is 4. The Morgan fingerprint density at radius 1 is 0.955 bits per heavy atom. The summed E-state index contributed by atoms with van der Waals surface area (Å²) in [5.74, 6) is 0.0126. The molecule has 0 spiro atoms. The number of carbonyl (C=O) groups excluding carboxylic acids is 1. The molecule has 1 atom stereocenters. The van der Waals surface area contributed by atoms with Gasteiger partial charge in [-0.15, -0.1) is 0 Å². The van der Waals surface area contributed by atoms with Crippen molar-refractivity contribution in [2.24, 2.45) is 0 Å². The number of aliphatic hydroxyl groups excluding tert-OH is 1. The van der Waals surface area contributed by atoms with E-state index in [-0.39, 0.29) is 11.7 Å². The highest BCUT2D eigenvalue weighted by molar-refractivity contribution is 6.01. The molecule has 0 amide bonds. The second kappa shape index (κ2) is 9.13. The van der Waals surface area contributed by atoms with Gasteiger partial charge < -0.3 is 9.84 Å². The van der Waals surface area contributed by atoms with Crippen LogP contribution in [0.1, 0.15) is 47.4 Å². The van der Waals surface area contributed by atoms with E-state index in [0.29, 0.717) is 11.1 Å². The zero-order chi connectivity index (χ0) is 16.5. The van der Waals surface area contributed by atoms with Crippen LogP contribution in [0.15, 0.2) is 54.6 Å². The van der Waals surface area contributed by atoms with Gasteiger partial charge in [0, 0.05) is 19.8 Å². The summed E-state index contributed by atoms with van der Waals surface area (Å²) in [6.07, 6.45) is -1.10. The third-order valence-electron chi connectivity index (χ3n) is 3.21. The number of ketones is 1. The molecule has 1 N–H and O–H groups in total. The van der Waals surface area contributed by atoms with Gasteiger partial charge in [0.1, 0.15) is 6.10 Å². The van der Waals surface area contributed by atoms with Gasteiger partial charge in [0.15, 0.2) is 5.78 Å². The van der Waals surface area contributed by atoms with Gasteiger partial charge in [-0.05, 0) is 17.0 Å². The van der Waals surface area contributed by atoms with Crippen LogP contribution in [0, 0.1) is 0 Å². The van der Waals surface area contributed by atoms with Crippen LogP contribution in [0.25, 0.3) is 0 Å². The minimum atomic E-state index is -1.10. The number of Topliss-reactive ketones (excluding diaryl/α,β-unsaturated/α-hetero) is 1. The second-order valence-corrected chi connectivity index (χ2v) is 5.33. The molecular weight excluding hydrogens is 276 g/mol. The first-order chi connectivity index (χ1) is 10.5. The lowest BCUT2D eigenvalue weighted by Crippen LogP contribution is -2.14. The largest absolute Gasteiger partial charge is 0.388 e. The number of methoxy groups -OCH3 is 1. The smallest absolute Gasteiger partial charge is 0.196 e. The molecule has 2 aromatic rings. The molecule has 3 heteroatoms. The molecule has 1 unspecified atom stereocenters. The minimum absolute atomic E-state index is 0.240. The minimum Gasteiger partial charge on any atom is -0.388 e. The van der Waals surface area contributed by atoms with Crippen molar-refractivity contribution in [1.82, 2.24) is 0 Å². The van der Waals surface area contributed by atoms with Crippen molar-refractivity contribution in [3.63, 3.8) is 0 Å². The zero-order valence-electron chi connectivity index (χ0n) is 13.6. The summed E-state index contributed by atoms with van der Waals surface area (Å²) < 4.78 is 4.25. The molecule has 118 valence electrons. The summed E-state index contributed by atoms with van der Waals surface area (Å²) >= 11 is 0. The summed E-state index contributed by atoms with van der Waals surface area (Å²) in [7, 11) is 3.25. The first kappa shape index (κ1) is 18.1. The van der Waals surface area contributed by atoms with Crippen molar-refractivity contribution < 1.29 is 14.6 Å². The molecule has 0 bridgehead atoms. The van der Waals surface area contributed by atoms with E-state index < -0.39 is 6.10 Å². The van der Waals surface area contributed by atoms with E-state index in [9.17, 15) is 9.90 Å². The van der Waals surface area contributed by atoms with E-state index in [1.165, 1.54) is 0 Å². The van der Waals surface area contributed by atoms with Crippen molar-refractivity contribution >= 4 is 5.78 Å². The van der Waals surface area contributed by atoms with Crippen molar-refractivity contribution in [3.05, 3.63) is 71.3 Å². The summed E-state index contributed by atoms with van der Waals surface area (Å²) in [6, 6.07) is 16.5. The van der Waals surface area contributed by atoms with Gasteiger partial charge in [0.25, 0.3) is 0 Å². The molecule has 0 aliphatic rings. The van der Waals surface area contributed by atoms with Crippen LogP contribution >= 0.6 is 0 Å². The molecule has 0 saturated carbocycles. The van der Waals surface area contributed by atoms with Crippen LogP contribution in [-0.4, -0.2) is 25.1 Å². The van der Waals surface area contributed by atoms with E-state index in [2.05, 4.69) is 4.74 Å². The normalized spacial score (nSPS) is 11.5. The maximum absolute atomic E-state index is 12.4. The first-order valence-corrected chi connectivity index (χ1v) is 7.29. The van der Waals surface area contributed by atoms with Crippen LogP contribution in [0.3, 0.4) is 0 Å². The lowest BCUT2D eigenvalue weighted by Gasteiger charge is -2.15. The van der Waals surface area contributed by atoms with Crippen LogP contribution in [0.5, 0.6) is 0 Å². The Labute approximate surface area is 132 Å². The van der Waals surface area contributed by atoms with Crippen molar-refractivity contribution in [1.29, 1.82) is 0 Å². The van der Waals surface area contributed by atoms with Crippen molar-refractivity contribution in [3.8, 4) is 0 Å². The molecule has 3 nitrogen and oxygen atoms in total. The van der Waals surface area contributed by atoms with E-state index in [4.69, 9.17) is 0 Å². The molecule has 2 aromatic carbocycles. The SMILES string of the molecule is CC(C)c1ccccc1C(=O)C(O)c1ccccc1.COC. The van der Waals surface area contributed by atoms with Gasteiger partial charge >= 0.3 is 0 Å². The lowest BCUT2D eigenvalue weighted by molar-refractivity contribution is 0.0746. The number of benzene rings is 2. The molecular formula is C19H24O3. The first-order valence-electron chi connectivity index (χ1n) is 7.29. The summed E-state index contributed by atoms with van der Waals surface area (Å²) in [4.78, 5) is 12.4. The highest BCUT2D eigenvalue weighted by atomic mass is 16.4. The fraction of sp³-hybridized carbons (Fsp3) is 0.316. The van der Waals surface area contributed by atoms with Crippen molar-refractivity contribution in [2.75, 3.05) is 14.2 Å². The maximum atomic E-state index is 12.4. The quantitative estimate of drug-likeness (QED) is 0.868. The van der Waals surface area contributed by atoms with E-state index in [0.717, 1.165) is 5.56 Å². The molecule has 0 radical (unpaired) electrons. The van der Waals surface area contributed by atoms with Crippen LogP contribution < -0.4 is 0 Å². The zero-order valence-corrected chi connectivity index (χ0v) is 13.6. The Morgan fingerprint density at radius 2 is 1.45 bits per heavy atom. The average Bonchev–Trinajstić information content (AvgIpc) is 2.55. The van der Waals surface area contributed by atoms with Gasteiger partial charge in [-0.1, -0.05) is 68.4 Å². The topological polar surface area (TPSA) is 46.5 Å². The molecule has 0 fully saturated rings. The predicted octanol–water partition coefficient (Wildman–Crippen LogP) is 3.99. The van der Waals surface area contributed by atoms with E-state index >= 15 is 0 Å². The Bertz CT molecular complexity index is 576. The summed E-state index contributed by atoms with van der Waals surface area (Å²) in [5.41, 5.74) is 2.21. The van der Waals surface area contributed by atoms with Crippen LogP contribution in [0.4, 0.5) is 0 Å².